The van der Waals surface area contributed by atoms with Crippen molar-refractivity contribution in [3.63, 3.8) is 0 Å². The molecule has 0 unspecified atom stereocenters. The van der Waals surface area contributed by atoms with E-state index >= 15 is 0 Å². The van der Waals surface area contributed by atoms with Gasteiger partial charge in [-0.1, -0.05) is 161 Å². The number of para-hydroxylation sites is 3. The number of hydrogen-bond acceptors (Lipinski definition) is 3. The van der Waals surface area contributed by atoms with Crippen LogP contribution in [0.2, 0.25) is 0 Å². The molecule has 0 radical (unpaired) electrons. The number of ether oxygens (including phenoxy) is 1. The molecule has 5 heteroatoms. The van der Waals surface area contributed by atoms with Gasteiger partial charge in [0.15, 0.2) is 0 Å². The van der Waals surface area contributed by atoms with Gasteiger partial charge in [-0.2, -0.15) is 0 Å². The largest absolute Gasteiger partial charge is 0.491 e. The first-order valence-electron chi connectivity index (χ1n) is 19.1. The van der Waals surface area contributed by atoms with Crippen LogP contribution in [-0.2, 0) is 20.4 Å². The van der Waals surface area contributed by atoms with Gasteiger partial charge in [0.05, 0.1) is 12.3 Å². The molecular formula is C46H60N2O3. The molecule has 5 nitrogen and oxygen atoms in total. The highest BCUT2D eigenvalue weighted by atomic mass is 16.5. The van der Waals surface area contributed by atoms with Crippen molar-refractivity contribution in [1.82, 2.24) is 0 Å². The van der Waals surface area contributed by atoms with Crippen LogP contribution in [-0.4, -0.2) is 18.4 Å². The molecule has 0 N–H and O–H groups in total. The van der Waals surface area contributed by atoms with Crippen LogP contribution >= 0.6 is 0 Å². The van der Waals surface area contributed by atoms with Gasteiger partial charge in [-0.3, -0.25) is 19.4 Å². The standard InChI is InChI=1S/C46H60N2O3/c1-8-9-10-11-12-13-14-15-16-26-33-51-42-35-40(46(5,6)7)39(45(2,3)4)34-41(42)48(38-31-24-19-25-32-38)44(50)43(49)47(36-27-20-17-21-28-36)37-29-22-18-23-30-37/h17-25,27-32,34-35H,8-16,26,33H2,1-7H3. The second kappa shape index (κ2) is 18.7. The first-order chi connectivity index (χ1) is 24.4. The molecule has 0 saturated carbocycles. The van der Waals surface area contributed by atoms with Gasteiger partial charge in [-0.25, -0.2) is 0 Å². The van der Waals surface area contributed by atoms with Crippen molar-refractivity contribution in [3.8, 4) is 5.75 Å². The first-order valence-corrected chi connectivity index (χ1v) is 19.1. The van der Waals surface area contributed by atoms with Crippen molar-refractivity contribution in [3.05, 3.63) is 114 Å². The second-order valence-electron chi connectivity index (χ2n) is 15.7. The molecule has 4 aromatic carbocycles. The number of carbonyl (C=O) groups is 2. The summed E-state index contributed by atoms with van der Waals surface area (Å²) in [6.07, 6.45) is 12.4. The summed E-state index contributed by atoms with van der Waals surface area (Å²) in [6.45, 7) is 16.0. The predicted octanol–water partition coefficient (Wildman–Crippen LogP) is 12.6. The van der Waals surface area contributed by atoms with Gasteiger partial charge in [0.25, 0.3) is 0 Å². The van der Waals surface area contributed by atoms with Crippen LogP contribution in [0.25, 0.3) is 0 Å². The van der Waals surface area contributed by atoms with Crippen LogP contribution in [0.5, 0.6) is 5.75 Å². The quantitative estimate of drug-likeness (QED) is 0.0869. The third kappa shape index (κ3) is 11.1. The van der Waals surface area contributed by atoms with Gasteiger partial charge in [0.1, 0.15) is 5.75 Å². The zero-order chi connectivity index (χ0) is 36.9. The van der Waals surface area contributed by atoms with Crippen LogP contribution in [0.4, 0.5) is 22.7 Å². The monoisotopic (exact) mass is 688 g/mol. The molecule has 0 saturated heterocycles. The number of hydrogen-bond donors (Lipinski definition) is 0. The molecule has 0 aliphatic heterocycles. The molecule has 2 amide bonds. The van der Waals surface area contributed by atoms with E-state index in [9.17, 15) is 9.59 Å². The molecule has 0 bridgehead atoms. The van der Waals surface area contributed by atoms with Crippen LogP contribution < -0.4 is 14.5 Å². The van der Waals surface area contributed by atoms with Gasteiger partial charge < -0.3 is 4.74 Å². The van der Waals surface area contributed by atoms with Crippen LogP contribution in [0.3, 0.4) is 0 Å². The summed E-state index contributed by atoms with van der Waals surface area (Å²) in [4.78, 5) is 32.5. The van der Waals surface area contributed by atoms with Crippen molar-refractivity contribution in [1.29, 1.82) is 0 Å². The Hall–Kier alpha value is -4.38. The zero-order valence-corrected chi connectivity index (χ0v) is 32.2. The minimum Gasteiger partial charge on any atom is -0.491 e. The number of benzene rings is 4. The number of unbranched alkanes of at least 4 members (excludes halogenated alkanes) is 9. The molecule has 4 rings (SSSR count). The lowest BCUT2D eigenvalue weighted by atomic mass is 9.75. The van der Waals surface area contributed by atoms with E-state index in [2.05, 4.69) is 60.6 Å². The minimum atomic E-state index is -0.666. The number of carbonyl (C=O) groups excluding carboxylic acids is 2. The normalized spacial score (nSPS) is 11.7. The van der Waals surface area contributed by atoms with Crippen molar-refractivity contribution in [2.45, 2.75) is 124 Å². The summed E-state index contributed by atoms with van der Waals surface area (Å²) >= 11 is 0. The van der Waals surface area contributed by atoms with Crippen LogP contribution in [0, 0.1) is 0 Å². The second-order valence-corrected chi connectivity index (χ2v) is 15.7. The lowest BCUT2D eigenvalue weighted by Gasteiger charge is -2.34. The highest BCUT2D eigenvalue weighted by Crippen LogP contribution is 2.44. The van der Waals surface area contributed by atoms with Gasteiger partial charge in [-0.15, -0.1) is 0 Å². The zero-order valence-electron chi connectivity index (χ0n) is 32.2. The molecule has 272 valence electrons. The maximum absolute atomic E-state index is 14.9. The molecule has 0 aliphatic rings. The van der Waals surface area contributed by atoms with Crippen LogP contribution in [0.1, 0.15) is 124 Å². The summed E-state index contributed by atoms with van der Waals surface area (Å²) in [5.74, 6) is -0.713. The molecule has 0 heterocycles. The van der Waals surface area contributed by atoms with E-state index in [0.717, 1.165) is 18.4 Å². The number of anilines is 4. The van der Waals surface area contributed by atoms with Crippen molar-refractivity contribution in [2.75, 3.05) is 16.4 Å². The van der Waals surface area contributed by atoms with E-state index in [-0.39, 0.29) is 10.8 Å². The van der Waals surface area contributed by atoms with Gasteiger partial charge in [0, 0.05) is 17.1 Å². The highest BCUT2D eigenvalue weighted by molar-refractivity contribution is 6.47. The number of rotatable bonds is 16. The average molecular weight is 689 g/mol. The predicted molar refractivity (Wildman–Crippen MR) is 215 cm³/mol. The summed E-state index contributed by atoms with van der Waals surface area (Å²) in [5, 5.41) is 0. The molecular weight excluding hydrogens is 629 g/mol. The van der Waals surface area contributed by atoms with Gasteiger partial charge >= 0.3 is 11.8 Å². The van der Waals surface area contributed by atoms with E-state index < -0.39 is 11.8 Å². The van der Waals surface area contributed by atoms with E-state index in [1.807, 2.05) is 91.0 Å². The summed E-state index contributed by atoms with van der Waals surface area (Å²) < 4.78 is 6.66. The Balaban J connectivity index is 1.73. The summed E-state index contributed by atoms with van der Waals surface area (Å²) in [5.41, 5.74) is 4.28. The Morgan fingerprint density at radius 2 is 0.882 bits per heavy atom. The topological polar surface area (TPSA) is 49.9 Å². The third-order valence-corrected chi connectivity index (χ3v) is 9.34. The van der Waals surface area contributed by atoms with Gasteiger partial charge in [-0.05, 0) is 76.9 Å². The average Bonchev–Trinajstić information content (AvgIpc) is 3.11. The molecule has 4 aromatic rings. The Kier molecular flexibility index (Phi) is 14.5. The molecule has 0 fully saturated rings. The SMILES string of the molecule is CCCCCCCCCCCCOc1cc(C(C)(C)C)c(C(C)(C)C)cc1N(C(=O)C(=O)N(c1ccccc1)c1ccccc1)c1ccccc1. The van der Waals surface area contributed by atoms with E-state index in [1.165, 1.54) is 61.8 Å². The molecule has 0 aliphatic carbocycles. The smallest absolute Gasteiger partial charge is 0.321 e. The fourth-order valence-electron chi connectivity index (χ4n) is 6.54. The highest BCUT2D eigenvalue weighted by Gasteiger charge is 2.35. The Morgan fingerprint density at radius 3 is 1.31 bits per heavy atom. The fourth-order valence-corrected chi connectivity index (χ4v) is 6.54. The number of nitrogens with zero attached hydrogens (tertiary/aromatic N) is 2. The maximum Gasteiger partial charge on any atom is 0.321 e. The lowest BCUT2D eigenvalue weighted by Crippen LogP contribution is -2.42. The first kappa shape index (κ1) is 39.4. The maximum atomic E-state index is 14.9. The third-order valence-electron chi connectivity index (χ3n) is 9.34. The van der Waals surface area contributed by atoms with Crippen molar-refractivity contribution < 1.29 is 14.3 Å². The Bertz CT molecular complexity index is 1610. The fraction of sp³-hybridized carbons (Fsp3) is 0.435. The van der Waals surface area contributed by atoms with E-state index in [1.54, 1.807) is 4.90 Å². The molecule has 0 aromatic heterocycles. The van der Waals surface area contributed by atoms with Crippen LogP contribution in [0.15, 0.2) is 103 Å². The lowest BCUT2D eigenvalue weighted by molar-refractivity contribution is -0.135. The van der Waals surface area contributed by atoms with E-state index in [4.69, 9.17) is 4.74 Å². The van der Waals surface area contributed by atoms with Gasteiger partial charge in [0.2, 0.25) is 0 Å². The van der Waals surface area contributed by atoms with E-state index in [0.29, 0.717) is 35.1 Å². The molecule has 0 atom stereocenters. The summed E-state index contributed by atoms with van der Waals surface area (Å²) in [7, 11) is 0. The number of amides is 2. The molecule has 0 spiro atoms. The van der Waals surface area contributed by atoms with Crippen molar-refractivity contribution in [2.24, 2.45) is 0 Å². The van der Waals surface area contributed by atoms with Crippen molar-refractivity contribution >= 4 is 34.6 Å². The molecule has 51 heavy (non-hydrogen) atoms. The minimum absolute atomic E-state index is 0.175. The Labute approximate surface area is 308 Å². The summed E-state index contributed by atoms with van der Waals surface area (Å²) in [6, 6.07) is 32.4. The Morgan fingerprint density at radius 1 is 0.510 bits per heavy atom.